The van der Waals surface area contributed by atoms with Crippen LogP contribution in [0.4, 0.5) is 0 Å². The fourth-order valence-electron chi connectivity index (χ4n) is 2.04. The molecule has 1 saturated heterocycles. The van der Waals surface area contributed by atoms with E-state index in [0.717, 1.165) is 58.1 Å². The fourth-order valence-corrected chi connectivity index (χ4v) is 14.5. The molecule has 4 nitrogen and oxygen atoms in total. The summed E-state index contributed by atoms with van der Waals surface area (Å²) in [6, 6.07) is 0. The van der Waals surface area contributed by atoms with E-state index in [1.807, 2.05) is 0 Å². The summed E-state index contributed by atoms with van der Waals surface area (Å²) in [6.07, 6.45) is 3.93. The van der Waals surface area contributed by atoms with Crippen molar-refractivity contribution in [2.75, 3.05) is 11.5 Å². The summed E-state index contributed by atoms with van der Waals surface area (Å²) in [5.41, 5.74) is 0. The fraction of sp³-hybridized carbons (Fsp3) is 0.769. The number of rotatable bonds is 6. The number of hydrogen-bond donors (Lipinski definition) is 0. The van der Waals surface area contributed by atoms with Gasteiger partial charge in [0.2, 0.25) is 0 Å². The van der Waals surface area contributed by atoms with Gasteiger partial charge in [-0.1, -0.05) is 0 Å². The number of unbranched alkanes of at least 4 members (excludes halogenated alkanes) is 2. The molecule has 0 spiro atoms. The predicted octanol–water partition coefficient (Wildman–Crippen LogP) is 2.04. The molecule has 0 saturated carbocycles. The molecule has 0 bridgehead atoms. The second-order valence-electron chi connectivity index (χ2n) is 4.98. The molecule has 0 N–H and O–H groups in total. The van der Waals surface area contributed by atoms with Crippen LogP contribution >= 0.6 is 12.2 Å². The van der Waals surface area contributed by atoms with Crippen LogP contribution in [0.3, 0.4) is 0 Å². The van der Waals surface area contributed by atoms with Crippen molar-refractivity contribution in [3.8, 4) is 0 Å². The van der Waals surface area contributed by atoms with Gasteiger partial charge < -0.3 is 0 Å². The minimum absolute atomic E-state index is 0.244. The normalized spacial score (nSPS) is 19.8. The summed E-state index contributed by atoms with van der Waals surface area (Å²) in [5, 5.41) is 0. The molecule has 8 heteroatoms. The maximum absolute atomic E-state index is 12.1. The molecule has 0 aromatic heterocycles. The first kappa shape index (κ1) is 19.6. The summed E-state index contributed by atoms with van der Waals surface area (Å²) in [6.45, 7) is 4.19. The number of carbonyl (C=O) groups excluding carboxylic acids is 2. The quantitative estimate of drug-likeness (QED) is 0.264. The van der Waals surface area contributed by atoms with Crippen LogP contribution in [-0.2, 0) is 39.3 Å². The molecule has 1 rings (SSSR count). The monoisotopic (exact) mass is 460 g/mol. The van der Waals surface area contributed by atoms with Crippen molar-refractivity contribution in [2.45, 2.75) is 48.4 Å². The Morgan fingerprint density at radius 3 is 1.81 bits per heavy atom. The van der Waals surface area contributed by atoms with Gasteiger partial charge in [-0.3, -0.25) is 0 Å². The van der Waals surface area contributed by atoms with E-state index in [4.69, 9.17) is 18.4 Å². The van der Waals surface area contributed by atoms with Crippen LogP contribution in [0.25, 0.3) is 0 Å². The molecule has 21 heavy (non-hydrogen) atoms. The third-order valence-electron chi connectivity index (χ3n) is 3.11. The van der Waals surface area contributed by atoms with Crippen molar-refractivity contribution in [1.82, 2.24) is 0 Å². The van der Waals surface area contributed by atoms with E-state index in [1.54, 1.807) is 0 Å². The summed E-state index contributed by atoms with van der Waals surface area (Å²) >= 11 is 3.10. The third-order valence-corrected chi connectivity index (χ3v) is 15.9. The molecule has 0 aromatic carbocycles. The molecule has 0 amide bonds. The summed E-state index contributed by atoms with van der Waals surface area (Å²) in [4.78, 5) is 24.1. The summed E-state index contributed by atoms with van der Waals surface area (Å²) in [5.74, 6) is 0.0968. The summed E-state index contributed by atoms with van der Waals surface area (Å²) < 4.78 is 13.9. The molecule has 0 aromatic rings. The van der Waals surface area contributed by atoms with E-state index in [0.29, 0.717) is 15.0 Å². The Kier molecular flexibility index (Phi) is 9.63. The Hall–Kier alpha value is 0.529. The van der Waals surface area contributed by atoms with E-state index >= 15 is 0 Å². The Morgan fingerprint density at radius 1 is 1.00 bits per heavy atom. The van der Waals surface area contributed by atoms with Gasteiger partial charge in [-0.25, -0.2) is 0 Å². The standard InChI is InChI=1S/C5H6O4S3.2C4H9.Sn/c6-3(7)1-11-5(10)12-2-4(8)9;2*1-3-4-2;/h1-2H2,(H,6,7)(H,8,9);2*1,3-4H2,2H3;/q;;;+2. The molecule has 1 heterocycles. The number of thiocarbonyl (C=S) groups is 1. The molecule has 1 aliphatic heterocycles. The van der Waals surface area contributed by atoms with Gasteiger partial charge in [-0.15, -0.1) is 0 Å². The van der Waals surface area contributed by atoms with Crippen molar-refractivity contribution in [2.24, 2.45) is 0 Å². The van der Waals surface area contributed by atoms with Gasteiger partial charge in [0, 0.05) is 0 Å². The molecule has 0 radical (unpaired) electrons. The summed E-state index contributed by atoms with van der Waals surface area (Å²) in [7, 11) is 0. The first-order valence-electron chi connectivity index (χ1n) is 7.34. The van der Waals surface area contributed by atoms with Gasteiger partial charge in [0.05, 0.1) is 0 Å². The first-order valence-corrected chi connectivity index (χ1v) is 16.3. The van der Waals surface area contributed by atoms with E-state index < -0.39 is 19.2 Å². The van der Waals surface area contributed by atoms with Crippen LogP contribution < -0.4 is 0 Å². The van der Waals surface area contributed by atoms with Crippen LogP contribution in [0.1, 0.15) is 39.5 Å². The average Bonchev–Trinajstić information content (AvgIpc) is 2.46. The Bertz CT molecular complexity index is 356. The number of thiol groups is 2. The van der Waals surface area contributed by atoms with Crippen LogP contribution in [0.15, 0.2) is 0 Å². The zero-order chi connectivity index (χ0) is 15.7. The Labute approximate surface area is 145 Å². The van der Waals surface area contributed by atoms with Gasteiger partial charge in [0.25, 0.3) is 0 Å². The molecule has 0 unspecified atom stereocenters. The maximum atomic E-state index is 12.1. The molecule has 1 aliphatic rings. The van der Waals surface area contributed by atoms with E-state index in [9.17, 15) is 9.59 Å². The number of hydrogen-bond acceptors (Lipinski definition) is 5. The van der Waals surface area contributed by atoms with Crippen LogP contribution in [-0.4, -0.2) is 46.2 Å². The zero-order valence-corrected chi connectivity index (χ0v) is 18.1. The van der Waals surface area contributed by atoms with E-state index in [-0.39, 0.29) is 11.9 Å². The molecular formula is C13H24O4S3Sn+2. The van der Waals surface area contributed by atoms with Gasteiger partial charge in [-0.2, -0.15) is 0 Å². The number of carbonyl (C=O) groups is 2. The topological polar surface area (TPSA) is 52.6 Å². The Morgan fingerprint density at radius 2 is 1.43 bits per heavy atom. The second-order valence-corrected chi connectivity index (χ2v) is 17.7. The SMILES string of the molecule is CCC[CH2][Sn]1([CH2]CCC)[O]C(=O)C[SH+]C(=S)[SH+]CC(=O)[O]1. The molecule has 1 fully saturated rings. The van der Waals surface area contributed by atoms with Gasteiger partial charge in [0.1, 0.15) is 0 Å². The van der Waals surface area contributed by atoms with Crippen LogP contribution in [0, 0.1) is 0 Å². The zero-order valence-electron chi connectivity index (χ0n) is 12.6. The van der Waals surface area contributed by atoms with E-state index in [2.05, 4.69) is 13.8 Å². The third kappa shape index (κ3) is 7.56. The van der Waals surface area contributed by atoms with E-state index in [1.165, 1.54) is 0 Å². The van der Waals surface area contributed by atoms with Crippen molar-refractivity contribution in [3.05, 3.63) is 0 Å². The van der Waals surface area contributed by atoms with Crippen LogP contribution in [0.2, 0.25) is 8.87 Å². The van der Waals surface area contributed by atoms with Crippen molar-refractivity contribution >= 4 is 70.4 Å². The van der Waals surface area contributed by atoms with Crippen molar-refractivity contribution in [3.63, 3.8) is 0 Å². The van der Waals surface area contributed by atoms with Gasteiger partial charge in [-0.05, 0) is 0 Å². The van der Waals surface area contributed by atoms with Gasteiger partial charge in [0.15, 0.2) is 0 Å². The molecule has 0 aliphatic carbocycles. The second kappa shape index (κ2) is 10.3. The first-order chi connectivity index (χ1) is 10.0. The predicted molar refractivity (Wildman–Crippen MR) is 97.2 cm³/mol. The van der Waals surface area contributed by atoms with Crippen LogP contribution in [0.5, 0.6) is 0 Å². The molecule has 120 valence electrons. The van der Waals surface area contributed by atoms with Gasteiger partial charge >= 0.3 is 146 Å². The minimum atomic E-state index is -3.62. The van der Waals surface area contributed by atoms with Crippen molar-refractivity contribution in [1.29, 1.82) is 0 Å². The molecule has 0 atom stereocenters. The Balaban J connectivity index is 2.88. The average molecular weight is 459 g/mol. The van der Waals surface area contributed by atoms with Crippen molar-refractivity contribution < 1.29 is 15.7 Å². The molecular weight excluding hydrogens is 435 g/mol.